The molecule has 4 atom stereocenters. The van der Waals surface area contributed by atoms with Crippen molar-refractivity contribution < 1.29 is 54.2 Å². The summed E-state index contributed by atoms with van der Waals surface area (Å²) >= 11 is 0. The van der Waals surface area contributed by atoms with Crippen LogP contribution in [0.3, 0.4) is 0 Å². The zero-order valence-corrected chi connectivity index (χ0v) is 19.4. The zero-order chi connectivity index (χ0) is 20.3. The number of hydrogen-bond acceptors (Lipinski definition) is 6. The van der Waals surface area contributed by atoms with Crippen LogP contribution in [0.1, 0.15) is 42.0 Å². The summed E-state index contributed by atoms with van der Waals surface area (Å²) in [7, 11) is 0. The number of hydrogen-bond donors (Lipinski definition) is 1. The van der Waals surface area contributed by atoms with Gasteiger partial charge in [0, 0.05) is 17.6 Å². The SMILES string of the molecule is Cc1cc(C)c(C2=NO[C@@H](C3=C(C(=O)[O-])N4C(=O)[C@H]([C@@H](C)O)[C@H]4C3)C2)c(C)c1.[Na+]. The third-order valence-corrected chi connectivity index (χ3v) is 5.98. The number of carboxylic acid groups (broad SMARTS) is 1. The van der Waals surface area contributed by atoms with Crippen molar-refractivity contribution in [1.82, 2.24) is 4.90 Å². The van der Waals surface area contributed by atoms with Gasteiger partial charge in [0.05, 0.1) is 35.4 Å². The van der Waals surface area contributed by atoms with Crippen LogP contribution in [0.5, 0.6) is 0 Å². The Bertz CT molecular complexity index is 929. The molecule has 3 aliphatic heterocycles. The molecular weight excluding hydrogens is 383 g/mol. The van der Waals surface area contributed by atoms with Crippen molar-refractivity contribution in [3.63, 3.8) is 0 Å². The Labute approximate surface area is 191 Å². The molecule has 0 aromatic heterocycles. The number of aryl methyl sites for hydroxylation is 3. The number of aliphatic hydroxyl groups excluding tert-OH is 1. The molecule has 1 aromatic rings. The van der Waals surface area contributed by atoms with Crippen LogP contribution in [0, 0.1) is 26.7 Å². The Morgan fingerprint density at radius 1 is 1.28 bits per heavy atom. The van der Waals surface area contributed by atoms with Gasteiger partial charge in [0.2, 0.25) is 5.91 Å². The van der Waals surface area contributed by atoms with E-state index in [4.69, 9.17) is 4.84 Å². The number of amides is 1. The number of carboxylic acids is 1. The first-order valence-corrected chi connectivity index (χ1v) is 9.47. The molecule has 7 nitrogen and oxygen atoms in total. The summed E-state index contributed by atoms with van der Waals surface area (Å²) in [6.07, 6.45) is -0.587. The van der Waals surface area contributed by atoms with Crippen molar-refractivity contribution in [2.45, 2.75) is 58.8 Å². The molecule has 3 aliphatic rings. The van der Waals surface area contributed by atoms with Crippen LogP contribution in [0.4, 0.5) is 0 Å². The summed E-state index contributed by atoms with van der Waals surface area (Å²) in [6, 6.07) is 3.81. The molecule has 0 bridgehead atoms. The van der Waals surface area contributed by atoms with Gasteiger partial charge in [-0.1, -0.05) is 22.9 Å². The number of carbonyl (C=O) groups is 2. The van der Waals surface area contributed by atoms with E-state index in [9.17, 15) is 19.8 Å². The van der Waals surface area contributed by atoms with Gasteiger partial charge in [-0.05, 0) is 45.2 Å². The third kappa shape index (κ3) is 3.44. The minimum atomic E-state index is -1.39. The minimum Gasteiger partial charge on any atom is -0.543 e. The van der Waals surface area contributed by atoms with Crippen molar-refractivity contribution in [2.24, 2.45) is 11.1 Å². The molecule has 3 heterocycles. The molecule has 1 saturated heterocycles. The fraction of sp³-hybridized carbons (Fsp3) is 0.476. The molecule has 148 valence electrons. The fourth-order valence-electron chi connectivity index (χ4n) is 4.93. The van der Waals surface area contributed by atoms with Gasteiger partial charge in [0.1, 0.15) is 0 Å². The number of benzene rings is 1. The fourth-order valence-corrected chi connectivity index (χ4v) is 4.93. The van der Waals surface area contributed by atoms with E-state index < -0.39 is 24.1 Å². The molecule has 1 aromatic carbocycles. The first kappa shape index (κ1) is 22.0. The van der Waals surface area contributed by atoms with Crippen LogP contribution in [0.15, 0.2) is 28.6 Å². The monoisotopic (exact) mass is 406 g/mol. The molecule has 1 amide bonds. The first-order chi connectivity index (χ1) is 13.2. The Kier molecular flexibility index (Phi) is 5.98. The summed E-state index contributed by atoms with van der Waals surface area (Å²) in [4.78, 5) is 31.0. The number of aliphatic carboxylic acids is 1. The average Bonchev–Trinajstić information content (AvgIpc) is 3.16. The predicted molar refractivity (Wildman–Crippen MR) is 99.1 cm³/mol. The molecule has 29 heavy (non-hydrogen) atoms. The Morgan fingerprint density at radius 3 is 2.45 bits per heavy atom. The van der Waals surface area contributed by atoms with Crippen LogP contribution in [0.25, 0.3) is 0 Å². The Hall–Kier alpha value is -1.67. The second-order valence-electron chi connectivity index (χ2n) is 8.02. The first-order valence-electron chi connectivity index (χ1n) is 9.47. The summed E-state index contributed by atoms with van der Waals surface area (Å²) in [5, 5.41) is 25.9. The Balaban J connectivity index is 0.00000240. The van der Waals surface area contributed by atoms with Gasteiger partial charge in [-0.15, -0.1) is 0 Å². The maximum absolute atomic E-state index is 12.3. The van der Waals surface area contributed by atoms with Crippen LogP contribution < -0.4 is 34.7 Å². The zero-order valence-electron chi connectivity index (χ0n) is 17.4. The van der Waals surface area contributed by atoms with Crippen LogP contribution >= 0.6 is 0 Å². The van der Waals surface area contributed by atoms with Gasteiger partial charge >= 0.3 is 29.6 Å². The van der Waals surface area contributed by atoms with Crippen molar-refractivity contribution in [2.75, 3.05) is 0 Å². The van der Waals surface area contributed by atoms with E-state index in [1.54, 1.807) is 6.92 Å². The van der Waals surface area contributed by atoms with Gasteiger partial charge in [0.15, 0.2) is 6.10 Å². The minimum absolute atomic E-state index is 0. The van der Waals surface area contributed by atoms with E-state index >= 15 is 0 Å². The molecule has 1 fully saturated rings. The summed E-state index contributed by atoms with van der Waals surface area (Å²) in [5.74, 6) is -2.36. The molecule has 0 unspecified atom stereocenters. The van der Waals surface area contributed by atoms with E-state index in [-0.39, 0.29) is 47.2 Å². The van der Waals surface area contributed by atoms with Crippen molar-refractivity contribution >= 4 is 17.6 Å². The normalized spacial score (nSPS) is 26.4. The van der Waals surface area contributed by atoms with Crippen molar-refractivity contribution in [3.05, 3.63) is 45.7 Å². The second-order valence-corrected chi connectivity index (χ2v) is 8.02. The predicted octanol–water partition coefficient (Wildman–Crippen LogP) is -2.28. The van der Waals surface area contributed by atoms with Crippen molar-refractivity contribution in [3.8, 4) is 0 Å². The van der Waals surface area contributed by atoms with E-state index in [1.165, 1.54) is 10.5 Å². The topological polar surface area (TPSA) is 102 Å². The number of β-lactam (4-membered cyclic amide) rings is 1. The van der Waals surface area contributed by atoms with Crippen LogP contribution in [0.2, 0.25) is 0 Å². The smallest absolute Gasteiger partial charge is 0.543 e. The van der Waals surface area contributed by atoms with E-state index in [0.717, 1.165) is 22.4 Å². The number of oxime groups is 1. The molecule has 1 N–H and O–H groups in total. The van der Waals surface area contributed by atoms with Gasteiger partial charge in [-0.25, -0.2) is 0 Å². The Morgan fingerprint density at radius 2 is 1.90 bits per heavy atom. The van der Waals surface area contributed by atoms with Crippen LogP contribution in [-0.2, 0) is 14.4 Å². The summed E-state index contributed by atoms with van der Waals surface area (Å²) < 4.78 is 0. The van der Waals surface area contributed by atoms with E-state index in [1.807, 2.05) is 20.8 Å². The van der Waals surface area contributed by atoms with Gasteiger partial charge in [0.25, 0.3) is 0 Å². The quantitative estimate of drug-likeness (QED) is 0.449. The number of fused-ring (bicyclic) bond motifs is 1. The molecule has 0 spiro atoms. The molecule has 4 rings (SSSR count). The van der Waals surface area contributed by atoms with E-state index in [2.05, 4.69) is 17.3 Å². The maximum Gasteiger partial charge on any atom is 1.00 e. The van der Waals surface area contributed by atoms with Gasteiger partial charge in [-0.2, -0.15) is 0 Å². The number of rotatable bonds is 4. The summed E-state index contributed by atoms with van der Waals surface area (Å²) in [5.41, 5.74) is 5.54. The third-order valence-electron chi connectivity index (χ3n) is 5.98. The van der Waals surface area contributed by atoms with Crippen LogP contribution in [-0.4, -0.2) is 45.8 Å². The van der Waals surface area contributed by atoms with Gasteiger partial charge in [-0.3, -0.25) is 4.79 Å². The molecular formula is C21H23N2NaO5. The molecule has 8 heteroatoms. The molecule has 0 saturated carbocycles. The van der Waals surface area contributed by atoms with Gasteiger partial charge < -0.3 is 24.7 Å². The van der Waals surface area contributed by atoms with Crippen molar-refractivity contribution in [1.29, 1.82) is 0 Å². The number of nitrogens with zero attached hydrogens (tertiary/aromatic N) is 2. The maximum atomic E-state index is 12.3. The second kappa shape index (κ2) is 7.87. The average molecular weight is 406 g/mol. The molecule has 0 aliphatic carbocycles. The largest absolute Gasteiger partial charge is 1.00 e. The summed E-state index contributed by atoms with van der Waals surface area (Å²) in [6.45, 7) is 7.62. The molecule has 0 radical (unpaired) electrons. The number of aliphatic hydroxyl groups is 1. The number of carbonyl (C=O) groups excluding carboxylic acids is 2. The van der Waals surface area contributed by atoms with E-state index in [0.29, 0.717) is 18.4 Å². The standard InChI is InChI=1S/C21H24N2O5.Na/c1-9-5-10(2)17(11(3)6-9)14-8-16(28-22-14)13-7-15-18(12(4)24)20(25)23(15)19(13)21(26)27;/h5-6,12,15-16,18,24H,7-8H2,1-4H3,(H,26,27);/q;+1/p-1/t12-,15-,16-,18-;/m1./s1.